The zero-order valence-electron chi connectivity index (χ0n) is 16.8. The van der Waals surface area contributed by atoms with Crippen molar-refractivity contribution in [3.8, 4) is 17.0 Å². The van der Waals surface area contributed by atoms with Crippen molar-refractivity contribution in [1.29, 1.82) is 0 Å². The zero-order chi connectivity index (χ0) is 20.7. The highest BCUT2D eigenvalue weighted by molar-refractivity contribution is 7.98. The number of pyridine rings is 1. The Hall–Kier alpha value is -1.92. The van der Waals surface area contributed by atoms with Crippen molar-refractivity contribution in [3.63, 3.8) is 0 Å². The Morgan fingerprint density at radius 3 is 2.72 bits per heavy atom. The molecule has 154 valence electrons. The second-order valence-corrected chi connectivity index (χ2v) is 9.13. The van der Waals surface area contributed by atoms with Crippen LogP contribution in [0, 0.1) is 0 Å². The van der Waals surface area contributed by atoms with E-state index in [1.54, 1.807) is 36.2 Å². The van der Waals surface area contributed by atoms with Gasteiger partial charge in [0.1, 0.15) is 11.3 Å². The molecular formula is C22H24ClNO4S. The number of fused-ring (bicyclic) bond motifs is 3. The standard InChI is InChI=1S/C22H24ClNO4S/c1-4-7-27-18-10-19-15(9-17(18)23)20-13(11-29-19)8-16(22(26)28-12(2)3)21(25)24(20)14-5-6-14/h8-10,12,14H,4-7,11H2,1-3H3. The molecule has 1 saturated carbocycles. The molecule has 2 aliphatic rings. The van der Waals surface area contributed by atoms with E-state index >= 15 is 0 Å². The van der Waals surface area contributed by atoms with Crippen LogP contribution in [0.4, 0.5) is 0 Å². The lowest BCUT2D eigenvalue weighted by Gasteiger charge is -2.25. The quantitative estimate of drug-likeness (QED) is 0.566. The van der Waals surface area contributed by atoms with Gasteiger partial charge in [-0.05, 0) is 56.9 Å². The SMILES string of the molecule is CCCOc1cc2c(cc1Cl)-c1c(cc(C(=O)OC(C)C)c(=O)n1C1CC1)CS2. The van der Waals surface area contributed by atoms with Crippen LogP contribution in [0.2, 0.25) is 5.02 Å². The summed E-state index contributed by atoms with van der Waals surface area (Å²) < 4.78 is 12.9. The van der Waals surface area contributed by atoms with E-state index in [2.05, 4.69) is 0 Å². The number of rotatable bonds is 6. The third-order valence-corrected chi connectivity index (χ3v) is 6.32. The predicted molar refractivity (Wildman–Crippen MR) is 115 cm³/mol. The van der Waals surface area contributed by atoms with E-state index in [-0.39, 0.29) is 23.3 Å². The number of thioether (sulfide) groups is 1. The van der Waals surface area contributed by atoms with Gasteiger partial charge in [-0.1, -0.05) is 18.5 Å². The summed E-state index contributed by atoms with van der Waals surface area (Å²) in [5.74, 6) is 0.784. The van der Waals surface area contributed by atoms with E-state index < -0.39 is 5.97 Å². The second-order valence-electron chi connectivity index (χ2n) is 7.71. The number of ether oxygens (including phenoxy) is 2. The van der Waals surface area contributed by atoms with Crippen LogP contribution in [-0.4, -0.2) is 23.2 Å². The second kappa shape index (κ2) is 8.07. The molecule has 0 saturated heterocycles. The third-order valence-electron chi connectivity index (χ3n) is 4.92. The fourth-order valence-electron chi connectivity index (χ4n) is 3.53. The first-order chi connectivity index (χ1) is 13.9. The highest BCUT2D eigenvalue weighted by atomic mass is 35.5. The number of carbonyl (C=O) groups excluding carboxylic acids is 1. The van der Waals surface area contributed by atoms with Crippen molar-refractivity contribution in [2.75, 3.05) is 6.61 Å². The number of esters is 1. The van der Waals surface area contributed by atoms with E-state index in [4.69, 9.17) is 21.1 Å². The largest absolute Gasteiger partial charge is 0.492 e. The van der Waals surface area contributed by atoms with Crippen molar-refractivity contribution in [1.82, 2.24) is 4.57 Å². The number of halogens is 1. The molecule has 1 aliphatic heterocycles. The van der Waals surface area contributed by atoms with Crippen LogP contribution in [0.1, 0.15) is 62.0 Å². The van der Waals surface area contributed by atoms with Crippen molar-refractivity contribution >= 4 is 29.3 Å². The van der Waals surface area contributed by atoms with Crippen molar-refractivity contribution < 1.29 is 14.3 Å². The normalized spacial score (nSPS) is 15.1. The first-order valence-electron chi connectivity index (χ1n) is 9.99. The molecule has 1 aromatic carbocycles. The van der Waals surface area contributed by atoms with Gasteiger partial charge in [-0.2, -0.15) is 0 Å². The molecule has 0 radical (unpaired) electrons. The van der Waals surface area contributed by atoms with Crippen LogP contribution in [0.25, 0.3) is 11.3 Å². The van der Waals surface area contributed by atoms with Crippen LogP contribution in [0.5, 0.6) is 5.75 Å². The summed E-state index contributed by atoms with van der Waals surface area (Å²) in [4.78, 5) is 26.8. The first kappa shape index (κ1) is 20.4. The van der Waals surface area contributed by atoms with E-state index in [0.717, 1.165) is 41.0 Å². The highest BCUT2D eigenvalue weighted by Gasteiger charge is 2.34. The van der Waals surface area contributed by atoms with Gasteiger partial charge in [0.15, 0.2) is 0 Å². The number of carbonyl (C=O) groups is 1. The van der Waals surface area contributed by atoms with Crippen LogP contribution in [-0.2, 0) is 10.5 Å². The third kappa shape index (κ3) is 3.92. The average Bonchev–Trinajstić information content (AvgIpc) is 3.50. The van der Waals surface area contributed by atoms with Crippen molar-refractivity contribution in [2.45, 2.75) is 62.8 Å². The van der Waals surface area contributed by atoms with E-state index in [9.17, 15) is 9.59 Å². The van der Waals surface area contributed by atoms with Gasteiger partial charge in [0, 0.05) is 22.3 Å². The molecule has 4 rings (SSSR count). The molecule has 2 aromatic rings. The maximum absolute atomic E-state index is 13.2. The van der Waals surface area contributed by atoms with Gasteiger partial charge in [-0.3, -0.25) is 4.79 Å². The molecule has 29 heavy (non-hydrogen) atoms. The van der Waals surface area contributed by atoms with Gasteiger partial charge in [0.2, 0.25) is 0 Å². The fourth-order valence-corrected chi connectivity index (χ4v) is 4.78. The van der Waals surface area contributed by atoms with Crippen molar-refractivity contribution in [3.05, 3.63) is 44.7 Å². The van der Waals surface area contributed by atoms with E-state index in [1.165, 1.54) is 0 Å². The minimum absolute atomic E-state index is 0.113. The van der Waals surface area contributed by atoms with Crippen LogP contribution in [0.15, 0.2) is 27.9 Å². The molecular weight excluding hydrogens is 410 g/mol. The Bertz CT molecular complexity index is 1030. The molecule has 1 aromatic heterocycles. The lowest BCUT2D eigenvalue weighted by Crippen LogP contribution is -2.30. The summed E-state index contributed by atoms with van der Waals surface area (Å²) in [6.45, 7) is 6.21. The van der Waals surface area contributed by atoms with Gasteiger partial charge in [-0.15, -0.1) is 11.8 Å². The molecule has 0 N–H and O–H groups in total. The maximum Gasteiger partial charge on any atom is 0.344 e. The summed E-state index contributed by atoms with van der Waals surface area (Å²) in [6, 6.07) is 5.67. The van der Waals surface area contributed by atoms with Gasteiger partial charge in [0.25, 0.3) is 5.56 Å². The Morgan fingerprint density at radius 1 is 1.31 bits per heavy atom. The van der Waals surface area contributed by atoms with Gasteiger partial charge in [-0.25, -0.2) is 4.79 Å². The molecule has 5 nitrogen and oxygen atoms in total. The summed E-state index contributed by atoms with van der Waals surface area (Å²) in [7, 11) is 0. The van der Waals surface area contributed by atoms with E-state index in [0.29, 0.717) is 23.1 Å². The molecule has 0 bridgehead atoms. The highest BCUT2D eigenvalue weighted by Crippen LogP contribution is 2.48. The van der Waals surface area contributed by atoms with E-state index in [1.807, 2.05) is 19.1 Å². The smallest absolute Gasteiger partial charge is 0.344 e. The Kier molecular flexibility index (Phi) is 5.67. The molecule has 0 atom stereocenters. The number of hydrogen-bond donors (Lipinski definition) is 0. The lowest BCUT2D eigenvalue weighted by atomic mass is 10.0. The molecule has 0 amide bonds. The Balaban J connectivity index is 1.86. The fraction of sp³-hybridized carbons (Fsp3) is 0.455. The number of aromatic nitrogens is 1. The lowest BCUT2D eigenvalue weighted by molar-refractivity contribution is 0.0375. The number of hydrogen-bond acceptors (Lipinski definition) is 5. The molecule has 0 unspecified atom stereocenters. The molecule has 0 spiro atoms. The maximum atomic E-state index is 13.2. The summed E-state index contributed by atoms with van der Waals surface area (Å²) in [5, 5.41) is 0.531. The molecule has 1 fully saturated rings. The average molecular weight is 434 g/mol. The molecule has 7 heteroatoms. The summed E-state index contributed by atoms with van der Waals surface area (Å²) in [5.41, 5.74) is 2.59. The minimum atomic E-state index is -0.556. The monoisotopic (exact) mass is 433 g/mol. The van der Waals surface area contributed by atoms with Crippen LogP contribution >= 0.6 is 23.4 Å². The Morgan fingerprint density at radius 2 is 2.07 bits per heavy atom. The number of nitrogens with zero attached hydrogens (tertiary/aromatic N) is 1. The molecule has 2 heterocycles. The summed E-state index contributed by atoms with van der Waals surface area (Å²) >= 11 is 8.16. The number of benzene rings is 1. The predicted octanol–water partition coefficient (Wildman–Crippen LogP) is 5.46. The topological polar surface area (TPSA) is 57.5 Å². The van der Waals surface area contributed by atoms with Gasteiger partial charge < -0.3 is 14.0 Å². The summed E-state index contributed by atoms with van der Waals surface area (Å²) in [6.07, 6.45) is 2.49. The van der Waals surface area contributed by atoms with Crippen LogP contribution < -0.4 is 10.3 Å². The van der Waals surface area contributed by atoms with Gasteiger partial charge in [0.05, 0.1) is 23.4 Å². The van der Waals surface area contributed by atoms with Crippen molar-refractivity contribution in [2.24, 2.45) is 0 Å². The Labute approximate surface area is 179 Å². The van der Waals surface area contributed by atoms with Gasteiger partial charge >= 0.3 is 5.97 Å². The van der Waals surface area contributed by atoms with Crippen LogP contribution in [0.3, 0.4) is 0 Å². The molecule has 1 aliphatic carbocycles. The minimum Gasteiger partial charge on any atom is -0.492 e. The first-order valence-corrected chi connectivity index (χ1v) is 11.4. The zero-order valence-corrected chi connectivity index (χ0v) is 18.4.